The maximum atomic E-state index is 13.0. The van der Waals surface area contributed by atoms with E-state index in [0.29, 0.717) is 23.0 Å². The van der Waals surface area contributed by atoms with Crippen LogP contribution >= 0.6 is 0 Å². The fraction of sp³-hybridized carbons (Fsp3) is 0.385. The summed E-state index contributed by atoms with van der Waals surface area (Å²) in [7, 11) is 2.81. The van der Waals surface area contributed by atoms with Crippen LogP contribution in [0.4, 0.5) is 5.69 Å². The minimum atomic E-state index is -1.61. The number of carbonyl (C=O) groups is 2. The molecule has 1 aliphatic heterocycles. The first-order valence-corrected chi connectivity index (χ1v) is 14.7. The van der Waals surface area contributed by atoms with Crippen LogP contribution in [0.15, 0.2) is 42.4 Å². The molecule has 1 unspecified atom stereocenters. The summed E-state index contributed by atoms with van der Waals surface area (Å²) in [6.07, 6.45) is 0.927. The van der Waals surface area contributed by atoms with Crippen LogP contribution in [0.1, 0.15) is 18.9 Å². The molecular formula is C26H33NO7Si. The molecule has 2 aromatic carbocycles. The van der Waals surface area contributed by atoms with Crippen molar-refractivity contribution in [2.24, 2.45) is 0 Å². The molecule has 1 amide bonds. The molecule has 2 aromatic rings. The van der Waals surface area contributed by atoms with Crippen molar-refractivity contribution in [3.05, 3.63) is 47.9 Å². The number of hydrogen-bond acceptors (Lipinski definition) is 7. The smallest absolute Gasteiger partial charge is 0.289 e. The summed E-state index contributed by atoms with van der Waals surface area (Å²) in [5, 5.41) is 3.93. The SMILES string of the molecule is CCC[Si](C)(C)c1ccc(C)c(OC2=CC(=O)C(C(=O)Nc3c(OC)cc(OC)cc3OC)O2)c1. The van der Waals surface area contributed by atoms with Gasteiger partial charge in [-0.1, -0.05) is 49.8 Å². The molecule has 1 heterocycles. The lowest BCUT2D eigenvalue weighted by molar-refractivity contribution is -0.134. The van der Waals surface area contributed by atoms with E-state index in [9.17, 15) is 9.59 Å². The molecule has 8 nitrogen and oxygen atoms in total. The van der Waals surface area contributed by atoms with Crippen molar-refractivity contribution in [1.29, 1.82) is 0 Å². The highest BCUT2D eigenvalue weighted by Crippen LogP contribution is 2.39. The quantitative estimate of drug-likeness (QED) is 0.387. The van der Waals surface area contributed by atoms with E-state index in [2.05, 4.69) is 31.4 Å². The van der Waals surface area contributed by atoms with E-state index < -0.39 is 25.9 Å². The normalized spacial score (nSPS) is 15.2. The highest BCUT2D eigenvalue weighted by Gasteiger charge is 2.36. The minimum Gasteiger partial charge on any atom is -0.496 e. The van der Waals surface area contributed by atoms with Gasteiger partial charge in [-0.2, -0.15) is 0 Å². The van der Waals surface area contributed by atoms with Crippen LogP contribution in [0.3, 0.4) is 0 Å². The molecule has 0 bridgehead atoms. The number of carbonyl (C=O) groups excluding carboxylic acids is 2. The van der Waals surface area contributed by atoms with E-state index in [-0.39, 0.29) is 11.6 Å². The molecule has 0 saturated heterocycles. The first-order valence-electron chi connectivity index (χ1n) is 11.5. The Morgan fingerprint density at radius 2 is 1.69 bits per heavy atom. The lowest BCUT2D eigenvalue weighted by Crippen LogP contribution is -2.40. The van der Waals surface area contributed by atoms with Gasteiger partial charge < -0.3 is 29.0 Å². The van der Waals surface area contributed by atoms with Gasteiger partial charge in [0.25, 0.3) is 11.9 Å². The van der Waals surface area contributed by atoms with Crippen LogP contribution in [-0.2, 0) is 14.3 Å². The molecule has 3 rings (SSSR count). The van der Waals surface area contributed by atoms with Gasteiger partial charge in [0.2, 0.25) is 11.9 Å². The highest BCUT2D eigenvalue weighted by atomic mass is 28.3. The summed E-state index contributed by atoms with van der Waals surface area (Å²) in [6.45, 7) is 8.76. The molecular weight excluding hydrogens is 466 g/mol. The fourth-order valence-electron chi connectivity index (χ4n) is 3.96. The monoisotopic (exact) mass is 499 g/mol. The number of rotatable bonds is 10. The van der Waals surface area contributed by atoms with Gasteiger partial charge in [-0.05, 0) is 18.6 Å². The molecule has 0 aliphatic carbocycles. The fourth-order valence-corrected chi connectivity index (χ4v) is 6.56. The zero-order valence-corrected chi connectivity index (χ0v) is 22.3. The number of aryl methyl sites for hydroxylation is 1. The van der Waals surface area contributed by atoms with Gasteiger partial charge in [0, 0.05) is 12.1 Å². The van der Waals surface area contributed by atoms with Crippen molar-refractivity contribution in [3.63, 3.8) is 0 Å². The summed E-state index contributed by atoms with van der Waals surface area (Å²) in [5.41, 5.74) is 1.17. The summed E-state index contributed by atoms with van der Waals surface area (Å²) in [5.74, 6) is 0.528. The number of ether oxygens (including phenoxy) is 5. The molecule has 9 heteroatoms. The molecule has 1 N–H and O–H groups in total. The molecule has 188 valence electrons. The lowest BCUT2D eigenvalue weighted by Gasteiger charge is -2.23. The topological polar surface area (TPSA) is 92.3 Å². The van der Waals surface area contributed by atoms with Crippen LogP contribution in [0.5, 0.6) is 23.0 Å². The van der Waals surface area contributed by atoms with Crippen molar-refractivity contribution >= 4 is 30.6 Å². The first kappa shape index (κ1) is 26.1. The Bertz CT molecular complexity index is 1120. The molecule has 0 aromatic heterocycles. The van der Waals surface area contributed by atoms with Crippen molar-refractivity contribution in [2.75, 3.05) is 26.6 Å². The van der Waals surface area contributed by atoms with Crippen molar-refractivity contribution in [3.8, 4) is 23.0 Å². The number of nitrogens with one attached hydrogen (secondary N) is 1. The van der Waals surface area contributed by atoms with Gasteiger partial charge in [0.1, 0.15) is 28.7 Å². The van der Waals surface area contributed by atoms with Crippen LogP contribution in [0.2, 0.25) is 19.1 Å². The van der Waals surface area contributed by atoms with Gasteiger partial charge in [-0.15, -0.1) is 0 Å². The van der Waals surface area contributed by atoms with E-state index in [4.69, 9.17) is 23.7 Å². The Kier molecular flexibility index (Phi) is 8.11. The molecule has 0 radical (unpaired) electrons. The minimum absolute atomic E-state index is 0.0148. The van der Waals surface area contributed by atoms with E-state index in [0.717, 1.165) is 18.0 Å². The van der Waals surface area contributed by atoms with Crippen LogP contribution < -0.4 is 29.5 Å². The van der Waals surface area contributed by atoms with Crippen LogP contribution in [0.25, 0.3) is 0 Å². The van der Waals surface area contributed by atoms with Gasteiger partial charge in [0.15, 0.2) is 0 Å². The second-order valence-corrected chi connectivity index (χ2v) is 13.8. The number of amides is 1. The summed E-state index contributed by atoms with van der Waals surface area (Å²) < 4.78 is 27.5. The Morgan fingerprint density at radius 3 is 2.26 bits per heavy atom. The number of anilines is 1. The average molecular weight is 500 g/mol. The lowest BCUT2D eigenvalue weighted by atomic mass is 10.2. The van der Waals surface area contributed by atoms with Crippen LogP contribution in [-0.4, -0.2) is 47.2 Å². The van der Waals surface area contributed by atoms with Gasteiger partial charge in [-0.25, -0.2) is 0 Å². The molecule has 1 aliphatic rings. The Labute approximate surface area is 207 Å². The van der Waals surface area contributed by atoms with E-state index in [1.165, 1.54) is 32.6 Å². The Hall–Kier alpha value is -3.46. The molecule has 0 fully saturated rings. The molecule has 0 spiro atoms. The van der Waals surface area contributed by atoms with Gasteiger partial charge >= 0.3 is 0 Å². The Morgan fingerprint density at radius 1 is 1.03 bits per heavy atom. The average Bonchev–Trinajstić information content (AvgIpc) is 3.20. The van der Waals surface area contributed by atoms with Crippen molar-refractivity contribution < 1.29 is 33.3 Å². The highest BCUT2D eigenvalue weighted by molar-refractivity contribution is 6.89. The number of hydrogen-bond donors (Lipinski definition) is 1. The summed E-state index contributed by atoms with van der Waals surface area (Å²) >= 11 is 0. The number of methoxy groups -OCH3 is 3. The number of ketones is 1. The summed E-state index contributed by atoms with van der Waals surface area (Å²) in [4.78, 5) is 25.6. The molecule has 35 heavy (non-hydrogen) atoms. The Balaban J connectivity index is 1.77. The maximum absolute atomic E-state index is 13.0. The van der Waals surface area contributed by atoms with Gasteiger partial charge in [0.05, 0.1) is 35.5 Å². The molecule has 1 atom stereocenters. The zero-order chi connectivity index (χ0) is 25.8. The second kappa shape index (κ2) is 10.9. The molecule has 0 saturated carbocycles. The predicted molar refractivity (Wildman–Crippen MR) is 137 cm³/mol. The van der Waals surface area contributed by atoms with Crippen LogP contribution in [0, 0.1) is 6.92 Å². The largest absolute Gasteiger partial charge is 0.496 e. The van der Waals surface area contributed by atoms with Crippen molar-refractivity contribution in [2.45, 2.75) is 45.5 Å². The zero-order valence-electron chi connectivity index (χ0n) is 21.3. The third-order valence-electron chi connectivity index (χ3n) is 6.01. The van der Waals surface area contributed by atoms with Crippen molar-refractivity contribution in [1.82, 2.24) is 0 Å². The standard InChI is InChI=1S/C26H33NO7Si/c1-8-11-35(6,7)18-10-9-16(2)20(14-18)33-23-15-19(28)25(34-23)26(29)27-24-21(31-4)12-17(30-3)13-22(24)32-5/h9-10,12-15,25H,8,11H2,1-7H3,(H,27,29). The first-order chi connectivity index (χ1) is 16.6. The maximum Gasteiger partial charge on any atom is 0.289 e. The summed E-state index contributed by atoms with van der Waals surface area (Å²) in [6, 6.07) is 10.5. The van der Waals surface area contributed by atoms with E-state index in [1.807, 2.05) is 19.1 Å². The third kappa shape index (κ3) is 5.79. The second-order valence-electron chi connectivity index (χ2n) is 8.98. The van der Waals surface area contributed by atoms with E-state index >= 15 is 0 Å². The van der Waals surface area contributed by atoms with E-state index in [1.54, 1.807) is 12.1 Å². The van der Waals surface area contributed by atoms with Gasteiger partial charge in [-0.3, -0.25) is 9.59 Å². The third-order valence-corrected chi connectivity index (χ3v) is 9.63. The predicted octanol–water partition coefficient (Wildman–Crippen LogP) is 4.17. The number of benzene rings is 2.